The standard InChI is InChI=1S/C15H16N2O5S2/c1-2-15-16-10(9-23-15)7-14(18)17-24(19,20)11-3-4-12-13(8-11)22-6-5-21-12/h3-4,8-9H,2,5-7H2,1H3,(H,17,18). The molecule has 0 spiro atoms. The number of nitrogens with one attached hydrogen (secondary N) is 1. The number of hydrogen-bond donors (Lipinski definition) is 1. The highest BCUT2D eigenvalue weighted by Crippen LogP contribution is 2.32. The molecule has 1 aromatic heterocycles. The molecule has 0 radical (unpaired) electrons. The van der Waals surface area contributed by atoms with E-state index >= 15 is 0 Å². The van der Waals surface area contributed by atoms with E-state index in [0.717, 1.165) is 11.4 Å². The van der Waals surface area contributed by atoms with Crippen molar-refractivity contribution >= 4 is 27.3 Å². The van der Waals surface area contributed by atoms with Crippen molar-refractivity contribution in [1.82, 2.24) is 9.71 Å². The van der Waals surface area contributed by atoms with Crippen molar-refractivity contribution < 1.29 is 22.7 Å². The lowest BCUT2D eigenvalue weighted by atomic mass is 10.3. The number of carbonyl (C=O) groups is 1. The average Bonchev–Trinajstić information content (AvgIpc) is 3.01. The Labute approximate surface area is 143 Å². The highest BCUT2D eigenvalue weighted by atomic mass is 32.2. The summed E-state index contributed by atoms with van der Waals surface area (Å²) in [6.07, 6.45) is 0.696. The van der Waals surface area contributed by atoms with Gasteiger partial charge in [-0.2, -0.15) is 0 Å². The molecule has 0 bridgehead atoms. The van der Waals surface area contributed by atoms with E-state index in [4.69, 9.17) is 9.47 Å². The number of hydrogen-bond acceptors (Lipinski definition) is 7. The molecular weight excluding hydrogens is 352 g/mol. The van der Waals surface area contributed by atoms with Gasteiger partial charge in [0.1, 0.15) is 13.2 Å². The van der Waals surface area contributed by atoms with Gasteiger partial charge in [0.25, 0.3) is 10.0 Å². The van der Waals surface area contributed by atoms with E-state index < -0.39 is 15.9 Å². The molecule has 0 saturated heterocycles. The number of carbonyl (C=O) groups excluding carboxylic acids is 1. The SMILES string of the molecule is CCc1nc(CC(=O)NS(=O)(=O)c2ccc3c(c2)OCCO3)cs1. The normalized spacial score (nSPS) is 13.5. The summed E-state index contributed by atoms with van der Waals surface area (Å²) in [4.78, 5) is 16.2. The van der Waals surface area contributed by atoms with Crippen LogP contribution in [0, 0.1) is 0 Å². The molecule has 24 heavy (non-hydrogen) atoms. The zero-order chi connectivity index (χ0) is 17.2. The second-order valence-corrected chi connectivity index (χ2v) is 7.72. The quantitative estimate of drug-likeness (QED) is 0.860. The lowest BCUT2D eigenvalue weighted by molar-refractivity contribution is -0.118. The molecule has 128 valence electrons. The Morgan fingerprint density at radius 1 is 1.29 bits per heavy atom. The van der Waals surface area contributed by atoms with E-state index in [0.29, 0.717) is 30.4 Å². The number of nitrogens with zero attached hydrogens (tertiary/aromatic N) is 1. The monoisotopic (exact) mass is 368 g/mol. The Balaban J connectivity index is 1.72. The first-order valence-electron chi connectivity index (χ1n) is 7.36. The molecule has 2 aromatic rings. The second kappa shape index (κ2) is 6.78. The molecule has 7 nitrogen and oxygen atoms in total. The molecule has 9 heteroatoms. The molecule has 0 saturated carbocycles. The largest absolute Gasteiger partial charge is 0.486 e. The van der Waals surface area contributed by atoms with Crippen LogP contribution in [0.25, 0.3) is 0 Å². The minimum Gasteiger partial charge on any atom is -0.486 e. The Kier molecular flexibility index (Phi) is 4.72. The van der Waals surface area contributed by atoms with Gasteiger partial charge in [-0.05, 0) is 18.6 Å². The van der Waals surface area contributed by atoms with E-state index in [1.165, 1.54) is 29.5 Å². The van der Waals surface area contributed by atoms with Crippen molar-refractivity contribution in [3.05, 3.63) is 34.3 Å². The fourth-order valence-corrected chi connectivity index (χ4v) is 3.94. The summed E-state index contributed by atoms with van der Waals surface area (Å²) in [6.45, 7) is 2.74. The lowest BCUT2D eigenvalue weighted by Crippen LogP contribution is -2.32. The topological polar surface area (TPSA) is 94.6 Å². The molecule has 1 aromatic carbocycles. The number of amides is 1. The lowest BCUT2D eigenvalue weighted by Gasteiger charge is -2.18. The smallest absolute Gasteiger partial charge is 0.264 e. The van der Waals surface area contributed by atoms with Crippen molar-refractivity contribution in [2.24, 2.45) is 0 Å². The van der Waals surface area contributed by atoms with E-state index in [-0.39, 0.29) is 11.3 Å². The van der Waals surface area contributed by atoms with Crippen molar-refractivity contribution in [2.75, 3.05) is 13.2 Å². The fourth-order valence-electron chi connectivity index (χ4n) is 2.19. The van der Waals surface area contributed by atoms with Crippen molar-refractivity contribution in [2.45, 2.75) is 24.7 Å². The number of benzene rings is 1. The first-order valence-corrected chi connectivity index (χ1v) is 9.73. The molecule has 2 heterocycles. The summed E-state index contributed by atoms with van der Waals surface area (Å²) >= 11 is 1.45. The molecule has 0 fully saturated rings. The Morgan fingerprint density at radius 2 is 2.04 bits per heavy atom. The minimum atomic E-state index is -3.97. The third-order valence-electron chi connectivity index (χ3n) is 3.32. The van der Waals surface area contributed by atoms with Crippen LogP contribution in [-0.4, -0.2) is 32.5 Å². The van der Waals surface area contributed by atoms with Crippen LogP contribution >= 0.6 is 11.3 Å². The van der Waals surface area contributed by atoms with Crippen LogP contribution in [0.5, 0.6) is 11.5 Å². The summed E-state index contributed by atoms with van der Waals surface area (Å²) in [7, 11) is -3.97. The van der Waals surface area contributed by atoms with Gasteiger partial charge in [0.05, 0.1) is 22.0 Å². The van der Waals surface area contributed by atoms with E-state index in [1.54, 1.807) is 5.38 Å². The molecular formula is C15H16N2O5S2. The number of sulfonamides is 1. The maximum Gasteiger partial charge on any atom is 0.264 e. The zero-order valence-electron chi connectivity index (χ0n) is 12.9. The zero-order valence-corrected chi connectivity index (χ0v) is 14.6. The Hall–Kier alpha value is -2.13. The van der Waals surface area contributed by atoms with Crippen LogP contribution in [0.15, 0.2) is 28.5 Å². The molecule has 1 aliphatic rings. The molecule has 0 unspecified atom stereocenters. The summed E-state index contributed by atoms with van der Waals surface area (Å²) in [6, 6.07) is 4.24. The van der Waals surface area contributed by atoms with Crippen LogP contribution in [0.4, 0.5) is 0 Å². The van der Waals surface area contributed by atoms with Gasteiger partial charge in [0, 0.05) is 11.4 Å². The van der Waals surface area contributed by atoms with Gasteiger partial charge in [-0.3, -0.25) is 4.79 Å². The van der Waals surface area contributed by atoms with E-state index in [1.807, 2.05) is 6.92 Å². The first kappa shape index (κ1) is 16.7. The first-order chi connectivity index (χ1) is 11.5. The summed E-state index contributed by atoms with van der Waals surface area (Å²) < 4.78 is 37.4. The van der Waals surface area contributed by atoms with Crippen molar-refractivity contribution in [1.29, 1.82) is 0 Å². The van der Waals surface area contributed by atoms with Crippen molar-refractivity contribution in [3.8, 4) is 11.5 Å². The van der Waals surface area contributed by atoms with Gasteiger partial charge in [0.2, 0.25) is 5.91 Å². The van der Waals surface area contributed by atoms with E-state index in [9.17, 15) is 13.2 Å². The van der Waals surface area contributed by atoms with Gasteiger partial charge < -0.3 is 9.47 Å². The maximum atomic E-state index is 12.3. The minimum absolute atomic E-state index is 0.0485. The van der Waals surface area contributed by atoms with Crippen LogP contribution in [-0.2, 0) is 27.7 Å². The van der Waals surface area contributed by atoms with Gasteiger partial charge >= 0.3 is 0 Å². The summed E-state index contributed by atoms with van der Waals surface area (Å²) in [5, 5.41) is 2.67. The number of aryl methyl sites for hydroxylation is 1. The number of thiazole rings is 1. The van der Waals surface area contributed by atoms with Gasteiger partial charge in [-0.15, -0.1) is 11.3 Å². The van der Waals surface area contributed by atoms with Gasteiger partial charge in [0.15, 0.2) is 11.5 Å². The van der Waals surface area contributed by atoms with Gasteiger partial charge in [-0.25, -0.2) is 18.1 Å². The fraction of sp³-hybridized carbons (Fsp3) is 0.333. The Morgan fingerprint density at radius 3 is 2.75 bits per heavy atom. The molecule has 3 rings (SSSR count). The van der Waals surface area contributed by atoms with Crippen LogP contribution in [0.1, 0.15) is 17.6 Å². The predicted octanol–water partition coefficient (Wildman–Crippen LogP) is 1.52. The highest BCUT2D eigenvalue weighted by Gasteiger charge is 2.22. The number of fused-ring (bicyclic) bond motifs is 1. The molecule has 0 aliphatic carbocycles. The van der Waals surface area contributed by atoms with Crippen LogP contribution < -0.4 is 14.2 Å². The molecule has 1 aliphatic heterocycles. The maximum absolute atomic E-state index is 12.3. The van der Waals surface area contributed by atoms with Crippen LogP contribution in [0.2, 0.25) is 0 Å². The molecule has 0 atom stereocenters. The predicted molar refractivity (Wildman–Crippen MR) is 88.0 cm³/mol. The molecule has 1 N–H and O–H groups in total. The third kappa shape index (κ3) is 3.68. The second-order valence-electron chi connectivity index (χ2n) is 5.10. The van der Waals surface area contributed by atoms with Crippen LogP contribution in [0.3, 0.4) is 0 Å². The molecule has 1 amide bonds. The number of rotatable bonds is 5. The number of aromatic nitrogens is 1. The number of ether oxygens (including phenoxy) is 2. The highest BCUT2D eigenvalue weighted by molar-refractivity contribution is 7.90. The van der Waals surface area contributed by atoms with Gasteiger partial charge in [-0.1, -0.05) is 6.92 Å². The van der Waals surface area contributed by atoms with E-state index in [2.05, 4.69) is 9.71 Å². The average molecular weight is 368 g/mol. The van der Waals surface area contributed by atoms with Crippen molar-refractivity contribution in [3.63, 3.8) is 0 Å². The Bertz CT molecular complexity index is 860. The summed E-state index contributed by atoms with van der Waals surface area (Å²) in [5.74, 6) is 0.211. The summed E-state index contributed by atoms with van der Waals surface area (Å²) in [5.41, 5.74) is 0.562. The third-order valence-corrected chi connectivity index (χ3v) is 5.73.